The Labute approximate surface area is 398 Å². The molecule has 0 radical (unpaired) electrons. The Balaban J connectivity index is 1.06. The van der Waals surface area contributed by atoms with Crippen LogP contribution in [0.2, 0.25) is 0 Å². The van der Waals surface area contributed by atoms with E-state index in [2.05, 4.69) is 251 Å². The van der Waals surface area contributed by atoms with Crippen molar-refractivity contribution in [1.82, 2.24) is 0 Å². The Morgan fingerprint density at radius 2 is 0.824 bits per heavy atom. The molecule has 0 atom stereocenters. The lowest BCUT2D eigenvalue weighted by atomic mass is 9.80. The molecule has 324 valence electrons. The van der Waals surface area contributed by atoms with Crippen molar-refractivity contribution in [1.29, 1.82) is 0 Å². The molecule has 10 aromatic carbocycles. The number of hydrogen-bond donors (Lipinski definition) is 0. The fourth-order valence-electron chi connectivity index (χ4n) is 11.7. The molecule has 0 unspecified atom stereocenters. The average Bonchev–Trinajstić information content (AvgIpc) is 3.96. The normalized spacial score (nSPS) is 13.8. The van der Waals surface area contributed by atoms with Crippen molar-refractivity contribution in [2.45, 2.75) is 38.5 Å². The highest BCUT2D eigenvalue weighted by atomic mass is 16.3. The van der Waals surface area contributed by atoms with Crippen LogP contribution in [0.5, 0.6) is 0 Å². The summed E-state index contributed by atoms with van der Waals surface area (Å²) in [4.78, 5) is 2.50. The molecule has 0 fully saturated rings. The molecule has 1 aromatic heterocycles. The van der Waals surface area contributed by atoms with Gasteiger partial charge in [0.15, 0.2) is 0 Å². The van der Waals surface area contributed by atoms with E-state index in [0.717, 1.165) is 50.1 Å². The van der Waals surface area contributed by atoms with E-state index in [1.54, 1.807) is 0 Å². The van der Waals surface area contributed by atoms with E-state index < -0.39 is 0 Å². The van der Waals surface area contributed by atoms with Crippen LogP contribution >= 0.6 is 0 Å². The summed E-state index contributed by atoms with van der Waals surface area (Å²) >= 11 is 0. The summed E-state index contributed by atoms with van der Waals surface area (Å²) in [6, 6.07) is 82.8. The van der Waals surface area contributed by atoms with Gasteiger partial charge in [-0.05, 0) is 120 Å². The Hall–Kier alpha value is -8.20. The van der Waals surface area contributed by atoms with Gasteiger partial charge in [0.2, 0.25) is 0 Å². The second-order valence-corrected chi connectivity index (χ2v) is 19.6. The maximum Gasteiger partial charge on any atom is 0.143 e. The van der Waals surface area contributed by atoms with Gasteiger partial charge in [0.1, 0.15) is 11.2 Å². The Morgan fingerprint density at radius 3 is 1.56 bits per heavy atom. The van der Waals surface area contributed by atoms with Crippen LogP contribution in [-0.4, -0.2) is 0 Å². The predicted octanol–water partition coefficient (Wildman–Crippen LogP) is 18.3. The zero-order valence-electron chi connectivity index (χ0n) is 38.7. The Kier molecular flexibility index (Phi) is 8.95. The first-order valence-corrected chi connectivity index (χ1v) is 23.8. The number of fused-ring (bicyclic) bond motifs is 9. The molecule has 0 spiro atoms. The second-order valence-electron chi connectivity index (χ2n) is 19.6. The highest BCUT2D eigenvalue weighted by molar-refractivity contribution is 6.10. The molecule has 2 nitrogen and oxygen atoms in total. The average molecular weight is 872 g/mol. The Bertz CT molecular complexity index is 3790. The van der Waals surface area contributed by atoms with Crippen molar-refractivity contribution in [2.75, 3.05) is 4.90 Å². The number of furan rings is 1. The van der Waals surface area contributed by atoms with Crippen LogP contribution in [0.1, 0.15) is 49.9 Å². The summed E-state index contributed by atoms with van der Waals surface area (Å²) in [5, 5.41) is 2.26. The first-order valence-electron chi connectivity index (χ1n) is 23.8. The molecule has 2 heteroatoms. The predicted molar refractivity (Wildman–Crippen MR) is 285 cm³/mol. The van der Waals surface area contributed by atoms with Crippen LogP contribution < -0.4 is 4.90 Å². The molecule has 0 aliphatic heterocycles. The molecule has 0 amide bonds. The standard InChI is InChI=1S/C66H49NO/c1-65(2)57-28-13-10-21-50(57)52-38-34-44(40-59(52)65)48-25-17-30-61(63(48)55-24-9-8-20-47(55)42-18-6-5-7-19-42)67(46-37-39-53-51-22-11-14-29-58(51)66(3,4)60(53)41-46)45-35-32-43(33-36-45)49-26-16-27-56-54-23-12-15-31-62(54)68-64(49)56/h5-41H,1-4H3. The summed E-state index contributed by atoms with van der Waals surface area (Å²) in [6.07, 6.45) is 0. The Morgan fingerprint density at radius 1 is 0.324 bits per heavy atom. The maximum absolute atomic E-state index is 6.56. The zero-order valence-corrected chi connectivity index (χ0v) is 38.7. The largest absolute Gasteiger partial charge is 0.455 e. The fourth-order valence-corrected chi connectivity index (χ4v) is 11.7. The fraction of sp³-hybridized carbons (Fsp3) is 0.0909. The van der Waals surface area contributed by atoms with E-state index in [0.29, 0.717) is 0 Å². The van der Waals surface area contributed by atoms with Crippen molar-refractivity contribution in [3.63, 3.8) is 0 Å². The first kappa shape index (κ1) is 40.1. The second kappa shape index (κ2) is 15.2. The number of anilines is 3. The molecule has 1 heterocycles. The monoisotopic (exact) mass is 871 g/mol. The summed E-state index contributed by atoms with van der Waals surface area (Å²) < 4.78 is 6.56. The number of nitrogens with zero attached hydrogens (tertiary/aromatic N) is 1. The minimum Gasteiger partial charge on any atom is -0.455 e. The first-order chi connectivity index (χ1) is 33.3. The molecule has 13 rings (SSSR count). The third kappa shape index (κ3) is 6.03. The van der Waals surface area contributed by atoms with Crippen molar-refractivity contribution in [3.8, 4) is 66.8 Å². The lowest BCUT2D eigenvalue weighted by molar-refractivity contribution is 0.660. The van der Waals surface area contributed by atoms with Crippen LogP contribution in [0.25, 0.3) is 88.7 Å². The van der Waals surface area contributed by atoms with Gasteiger partial charge in [0.25, 0.3) is 0 Å². The zero-order chi connectivity index (χ0) is 45.7. The van der Waals surface area contributed by atoms with Crippen LogP contribution in [0.4, 0.5) is 17.1 Å². The molecule has 0 bridgehead atoms. The van der Waals surface area contributed by atoms with E-state index >= 15 is 0 Å². The third-order valence-electron chi connectivity index (χ3n) is 15.1. The van der Waals surface area contributed by atoms with E-state index in [-0.39, 0.29) is 10.8 Å². The molecule has 2 aliphatic carbocycles. The number of benzene rings is 10. The van der Waals surface area contributed by atoms with Gasteiger partial charge in [-0.1, -0.05) is 210 Å². The van der Waals surface area contributed by atoms with Gasteiger partial charge in [0, 0.05) is 44.1 Å². The number of rotatable bonds is 7. The van der Waals surface area contributed by atoms with Crippen molar-refractivity contribution in [3.05, 3.63) is 247 Å². The van der Waals surface area contributed by atoms with Gasteiger partial charge in [-0.15, -0.1) is 0 Å². The molecule has 0 saturated carbocycles. The number of hydrogen-bond acceptors (Lipinski definition) is 2. The molecule has 2 aliphatic rings. The van der Waals surface area contributed by atoms with E-state index in [4.69, 9.17) is 4.42 Å². The minimum atomic E-state index is -0.178. The summed E-state index contributed by atoms with van der Waals surface area (Å²) in [6.45, 7) is 9.48. The topological polar surface area (TPSA) is 16.4 Å². The highest BCUT2D eigenvalue weighted by Crippen LogP contribution is 2.55. The maximum atomic E-state index is 6.56. The van der Waals surface area contributed by atoms with Gasteiger partial charge < -0.3 is 9.32 Å². The molecule has 68 heavy (non-hydrogen) atoms. The van der Waals surface area contributed by atoms with Crippen molar-refractivity contribution >= 4 is 39.0 Å². The summed E-state index contributed by atoms with van der Waals surface area (Å²) in [5.74, 6) is 0. The lowest BCUT2D eigenvalue weighted by Crippen LogP contribution is -2.17. The molecule has 11 aromatic rings. The summed E-state index contributed by atoms with van der Waals surface area (Å²) in [5.41, 5.74) is 24.8. The van der Waals surface area contributed by atoms with Crippen molar-refractivity contribution in [2.24, 2.45) is 0 Å². The molecular formula is C66H49NO. The van der Waals surface area contributed by atoms with Crippen LogP contribution in [0.3, 0.4) is 0 Å². The number of para-hydroxylation sites is 2. The van der Waals surface area contributed by atoms with Crippen molar-refractivity contribution < 1.29 is 4.42 Å². The molecule has 0 N–H and O–H groups in total. The van der Waals surface area contributed by atoms with Crippen LogP contribution in [-0.2, 0) is 10.8 Å². The highest BCUT2D eigenvalue weighted by Gasteiger charge is 2.37. The minimum absolute atomic E-state index is 0.142. The quantitative estimate of drug-likeness (QED) is 0.159. The van der Waals surface area contributed by atoms with Gasteiger partial charge in [-0.25, -0.2) is 0 Å². The molecule has 0 saturated heterocycles. The van der Waals surface area contributed by atoms with Gasteiger partial charge in [-0.3, -0.25) is 0 Å². The van der Waals surface area contributed by atoms with Gasteiger partial charge in [-0.2, -0.15) is 0 Å². The van der Waals surface area contributed by atoms with E-state index in [1.807, 2.05) is 6.07 Å². The van der Waals surface area contributed by atoms with Gasteiger partial charge >= 0.3 is 0 Å². The smallest absolute Gasteiger partial charge is 0.143 e. The SMILES string of the molecule is CC1(C)c2ccccc2-c2ccc(-c3cccc(N(c4ccc(-c5cccc6c5oc5ccccc56)cc4)c4ccc5c(c4)C(C)(C)c4ccccc4-5)c3-c3ccccc3-c3ccccc3)cc21. The molecular weight excluding hydrogens is 823 g/mol. The van der Waals surface area contributed by atoms with Crippen LogP contribution in [0, 0.1) is 0 Å². The van der Waals surface area contributed by atoms with Crippen LogP contribution in [0.15, 0.2) is 229 Å². The lowest BCUT2D eigenvalue weighted by Gasteiger charge is -2.31. The van der Waals surface area contributed by atoms with E-state index in [9.17, 15) is 0 Å². The third-order valence-corrected chi connectivity index (χ3v) is 15.1. The van der Waals surface area contributed by atoms with Gasteiger partial charge in [0.05, 0.1) is 5.69 Å². The summed E-state index contributed by atoms with van der Waals surface area (Å²) in [7, 11) is 0. The van der Waals surface area contributed by atoms with E-state index in [1.165, 1.54) is 77.9 Å².